The van der Waals surface area contributed by atoms with E-state index in [0.717, 1.165) is 24.3 Å². The summed E-state index contributed by atoms with van der Waals surface area (Å²) in [5.41, 5.74) is 3.23. The van der Waals surface area contributed by atoms with Gasteiger partial charge in [-0.25, -0.2) is 4.98 Å². The smallest absolute Gasteiger partial charge is 0.111 e. The quantitative estimate of drug-likeness (QED) is 0.783. The Morgan fingerprint density at radius 3 is 2.74 bits per heavy atom. The molecular formula is C15H21ClN2O. The Kier molecular flexibility index (Phi) is 4.16. The monoisotopic (exact) mass is 280 g/mol. The molecule has 0 atom stereocenters. The number of alkyl halides is 1. The van der Waals surface area contributed by atoms with Crippen LogP contribution >= 0.6 is 11.6 Å². The zero-order valence-corrected chi connectivity index (χ0v) is 12.8. The second-order valence-electron chi connectivity index (χ2n) is 5.46. The number of rotatable bonds is 5. The summed E-state index contributed by atoms with van der Waals surface area (Å²) in [5.74, 6) is 1.61. The zero-order valence-electron chi connectivity index (χ0n) is 12.0. The highest BCUT2D eigenvalue weighted by Gasteiger charge is 2.21. The molecule has 19 heavy (non-hydrogen) atoms. The number of halogens is 1. The minimum Gasteiger partial charge on any atom is -0.377 e. The van der Waals surface area contributed by atoms with Crippen molar-refractivity contribution in [1.29, 1.82) is 0 Å². The van der Waals surface area contributed by atoms with Gasteiger partial charge in [0.2, 0.25) is 0 Å². The fourth-order valence-corrected chi connectivity index (χ4v) is 2.47. The molecule has 0 radical (unpaired) electrons. The number of hydrogen-bond donors (Lipinski definition) is 0. The van der Waals surface area contributed by atoms with Crippen LogP contribution in [0, 0.1) is 6.92 Å². The highest BCUT2D eigenvalue weighted by atomic mass is 35.5. The van der Waals surface area contributed by atoms with Gasteiger partial charge < -0.3 is 9.30 Å². The Balaban J connectivity index is 2.57. The van der Waals surface area contributed by atoms with E-state index in [2.05, 4.69) is 37.5 Å². The molecule has 0 aliphatic heterocycles. The van der Waals surface area contributed by atoms with Crippen molar-refractivity contribution in [2.45, 2.75) is 39.3 Å². The lowest BCUT2D eigenvalue weighted by Gasteiger charge is -2.25. The molecule has 1 heterocycles. The molecule has 0 saturated carbocycles. The lowest BCUT2D eigenvalue weighted by atomic mass is 10.1. The lowest BCUT2D eigenvalue weighted by Crippen LogP contribution is -2.30. The molecule has 104 valence electrons. The van der Waals surface area contributed by atoms with Crippen LogP contribution in [0.25, 0.3) is 11.0 Å². The van der Waals surface area contributed by atoms with Crippen LogP contribution in [0.5, 0.6) is 0 Å². The second-order valence-corrected chi connectivity index (χ2v) is 5.84. The van der Waals surface area contributed by atoms with Crippen LogP contribution in [-0.2, 0) is 17.7 Å². The van der Waals surface area contributed by atoms with Crippen molar-refractivity contribution in [3.8, 4) is 0 Å². The predicted molar refractivity (Wildman–Crippen MR) is 80.0 cm³/mol. The normalized spacial score (nSPS) is 12.3. The maximum absolute atomic E-state index is 5.90. The maximum atomic E-state index is 5.90. The van der Waals surface area contributed by atoms with Gasteiger partial charge in [-0.15, -0.1) is 11.6 Å². The summed E-state index contributed by atoms with van der Waals surface area (Å²) in [6.45, 7) is 7.06. The van der Waals surface area contributed by atoms with Crippen molar-refractivity contribution in [3.05, 3.63) is 29.6 Å². The summed E-state index contributed by atoms with van der Waals surface area (Å²) in [7, 11) is 1.74. The molecule has 0 unspecified atom stereocenters. The van der Waals surface area contributed by atoms with Crippen LogP contribution in [0.3, 0.4) is 0 Å². The number of para-hydroxylation sites is 1. The molecule has 1 aromatic heterocycles. The van der Waals surface area contributed by atoms with Gasteiger partial charge in [-0.2, -0.15) is 0 Å². The Morgan fingerprint density at radius 1 is 1.37 bits per heavy atom. The molecular weight excluding hydrogens is 260 g/mol. The minimum absolute atomic E-state index is 0.225. The molecule has 0 spiro atoms. The summed E-state index contributed by atoms with van der Waals surface area (Å²) < 4.78 is 7.80. The average molecular weight is 281 g/mol. The van der Waals surface area contributed by atoms with E-state index in [-0.39, 0.29) is 5.60 Å². The van der Waals surface area contributed by atoms with Gasteiger partial charge in [-0.1, -0.05) is 12.1 Å². The third kappa shape index (κ3) is 2.93. The number of methoxy groups -OCH3 is 1. The third-order valence-electron chi connectivity index (χ3n) is 3.46. The first kappa shape index (κ1) is 14.4. The van der Waals surface area contributed by atoms with E-state index in [1.54, 1.807) is 7.11 Å². The predicted octanol–water partition coefficient (Wildman–Crippen LogP) is 3.55. The second kappa shape index (κ2) is 5.51. The lowest BCUT2D eigenvalue weighted by molar-refractivity contribution is 0.00845. The van der Waals surface area contributed by atoms with E-state index < -0.39 is 0 Å². The molecule has 4 heteroatoms. The molecule has 0 amide bonds. The molecule has 2 aromatic rings. The summed E-state index contributed by atoms with van der Waals surface area (Å²) in [5, 5.41) is 0. The molecule has 0 bridgehead atoms. The maximum Gasteiger partial charge on any atom is 0.111 e. The summed E-state index contributed by atoms with van der Waals surface area (Å²) in [4.78, 5) is 4.70. The SMILES string of the molecule is COC(C)(C)Cn1c(CCCl)nc2cccc(C)c21. The van der Waals surface area contributed by atoms with E-state index in [0.29, 0.717) is 5.88 Å². The van der Waals surface area contributed by atoms with E-state index >= 15 is 0 Å². The fourth-order valence-electron chi connectivity index (χ4n) is 2.30. The van der Waals surface area contributed by atoms with Crippen LogP contribution in [0.1, 0.15) is 25.2 Å². The van der Waals surface area contributed by atoms with Crippen molar-refractivity contribution in [2.75, 3.05) is 13.0 Å². The van der Waals surface area contributed by atoms with Crippen molar-refractivity contribution in [1.82, 2.24) is 9.55 Å². The van der Waals surface area contributed by atoms with Crippen molar-refractivity contribution in [3.63, 3.8) is 0 Å². The minimum atomic E-state index is -0.225. The Labute approximate surface area is 119 Å². The van der Waals surface area contributed by atoms with E-state index in [1.165, 1.54) is 11.1 Å². The van der Waals surface area contributed by atoms with Gasteiger partial charge in [-0.3, -0.25) is 0 Å². The number of aryl methyl sites for hydroxylation is 2. The van der Waals surface area contributed by atoms with Crippen LogP contribution in [0.2, 0.25) is 0 Å². The standard InChI is InChI=1S/C15H21ClN2O/c1-11-6-5-7-12-14(11)18(10-15(2,3)19-4)13(17-12)8-9-16/h5-7H,8-10H2,1-4H3. The molecule has 0 aliphatic rings. The summed E-state index contributed by atoms with van der Waals surface area (Å²) in [6.07, 6.45) is 0.773. The van der Waals surface area contributed by atoms with Crippen molar-refractivity contribution >= 4 is 22.6 Å². The number of hydrogen-bond acceptors (Lipinski definition) is 2. The van der Waals surface area contributed by atoms with Crippen molar-refractivity contribution in [2.24, 2.45) is 0 Å². The topological polar surface area (TPSA) is 27.1 Å². The first-order valence-corrected chi connectivity index (χ1v) is 7.08. The van der Waals surface area contributed by atoms with Gasteiger partial charge in [0.15, 0.2) is 0 Å². The van der Waals surface area contributed by atoms with Crippen LogP contribution in [0.15, 0.2) is 18.2 Å². The largest absolute Gasteiger partial charge is 0.377 e. The van der Waals surface area contributed by atoms with E-state index in [4.69, 9.17) is 21.3 Å². The number of fused-ring (bicyclic) bond motifs is 1. The highest BCUT2D eigenvalue weighted by molar-refractivity contribution is 6.17. The number of benzene rings is 1. The Hall–Kier alpha value is -1.06. The van der Waals surface area contributed by atoms with E-state index in [9.17, 15) is 0 Å². The van der Waals surface area contributed by atoms with Crippen LogP contribution in [0.4, 0.5) is 0 Å². The van der Waals surface area contributed by atoms with Gasteiger partial charge in [0.25, 0.3) is 0 Å². The van der Waals surface area contributed by atoms with Gasteiger partial charge >= 0.3 is 0 Å². The van der Waals surface area contributed by atoms with E-state index in [1.807, 2.05) is 6.07 Å². The summed E-state index contributed by atoms with van der Waals surface area (Å²) >= 11 is 5.90. The molecule has 0 fully saturated rings. The molecule has 0 saturated heterocycles. The van der Waals surface area contributed by atoms with Gasteiger partial charge in [-0.05, 0) is 32.4 Å². The molecule has 2 rings (SSSR count). The molecule has 0 N–H and O–H groups in total. The average Bonchev–Trinajstić information content (AvgIpc) is 2.69. The van der Waals surface area contributed by atoms with Crippen LogP contribution < -0.4 is 0 Å². The third-order valence-corrected chi connectivity index (χ3v) is 3.65. The van der Waals surface area contributed by atoms with Gasteiger partial charge in [0, 0.05) is 19.4 Å². The number of nitrogens with zero attached hydrogens (tertiary/aromatic N) is 2. The molecule has 3 nitrogen and oxygen atoms in total. The first-order chi connectivity index (χ1) is 8.98. The number of ether oxygens (including phenoxy) is 1. The molecule has 0 aliphatic carbocycles. The number of imidazole rings is 1. The van der Waals surface area contributed by atoms with Gasteiger partial charge in [0.1, 0.15) is 5.82 Å². The zero-order chi connectivity index (χ0) is 14.0. The fraction of sp³-hybridized carbons (Fsp3) is 0.533. The Bertz CT molecular complexity index is 575. The van der Waals surface area contributed by atoms with Gasteiger partial charge in [0.05, 0.1) is 23.2 Å². The number of aromatic nitrogens is 2. The Morgan fingerprint density at radius 2 is 2.11 bits per heavy atom. The summed E-state index contributed by atoms with van der Waals surface area (Å²) in [6, 6.07) is 6.21. The highest BCUT2D eigenvalue weighted by Crippen LogP contribution is 2.24. The van der Waals surface area contributed by atoms with Crippen molar-refractivity contribution < 1.29 is 4.74 Å². The first-order valence-electron chi connectivity index (χ1n) is 6.54. The van der Waals surface area contributed by atoms with Crippen LogP contribution in [-0.4, -0.2) is 28.1 Å². The molecule has 1 aromatic carbocycles.